The van der Waals surface area contributed by atoms with E-state index in [2.05, 4.69) is 12.2 Å². The van der Waals surface area contributed by atoms with Gasteiger partial charge < -0.3 is 10.2 Å². The van der Waals surface area contributed by atoms with Crippen molar-refractivity contribution in [3.05, 3.63) is 60.2 Å². The number of rotatable bonds is 6. The molecule has 2 aromatic rings. The molecule has 0 bridgehead atoms. The number of hydrogen-bond acceptors (Lipinski definition) is 3. The predicted octanol–water partition coefficient (Wildman–Crippen LogP) is 0.777. The van der Waals surface area contributed by atoms with E-state index in [-0.39, 0.29) is 5.91 Å². The Balaban J connectivity index is 1.51. The number of nitrogens with zero attached hydrogens (tertiary/aromatic N) is 1. The molecule has 6 nitrogen and oxygen atoms in total. The Morgan fingerprint density at radius 1 is 1.04 bits per heavy atom. The fourth-order valence-corrected chi connectivity index (χ4v) is 4.68. The van der Waals surface area contributed by atoms with Crippen molar-refractivity contribution in [2.75, 3.05) is 38.0 Å². The van der Waals surface area contributed by atoms with Crippen molar-refractivity contribution in [3.8, 4) is 0 Å². The second-order valence-corrected chi connectivity index (χ2v) is 8.68. The van der Waals surface area contributed by atoms with Crippen LogP contribution in [0.3, 0.4) is 0 Å². The molecule has 1 saturated heterocycles. The Hall–Kier alpha value is -2.22. The fraction of sp³-hybridized carbons (Fsp3) is 0.350. The third-order valence-electron chi connectivity index (χ3n) is 4.87. The Bertz CT molecular complexity index is 859. The predicted molar refractivity (Wildman–Crippen MR) is 105 cm³/mol. The maximum atomic E-state index is 12.6. The van der Waals surface area contributed by atoms with Crippen LogP contribution in [0, 0.1) is 0 Å². The number of nitrogens with one attached hydrogen (secondary N) is 2. The summed E-state index contributed by atoms with van der Waals surface area (Å²) >= 11 is 0. The molecule has 1 fully saturated rings. The zero-order chi connectivity index (χ0) is 19.3. The SMILES string of the molecule is CCc1ccc(NC(=O)C[NH+]2CCN(S(=O)(=O)c3ccccc3)CC2)cc1. The van der Waals surface area contributed by atoms with Gasteiger partial charge >= 0.3 is 0 Å². The van der Waals surface area contributed by atoms with E-state index >= 15 is 0 Å². The zero-order valence-corrected chi connectivity index (χ0v) is 16.3. The van der Waals surface area contributed by atoms with E-state index in [0.29, 0.717) is 37.6 Å². The van der Waals surface area contributed by atoms with E-state index in [1.165, 1.54) is 9.87 Å². The minimum absolute atomic E-state index is 0.0476. The molecule has 7 heteroatoms. The van der Waals surface area contributed by atoms with Crippen LogP contribution in [0.2, 0.25) is 0 Å². The van der Waals surface area contributed by atoms with Gasteiger partial charge in [0.2, 0.25) is 10.0 Å². The van der Waals surface area contributed by atoms with Gasteiger partial charge in [0.05, 0.1) is 31.1 Å². The van der Waals surface area contributed by atoms with Crippen molar-refractivity contribution >= 4 is 21.6 Å². The number of piperazine rings is 1. The van der Waals surface area contributed by atoms with Crippen LogP contribution in [0.25, 0.3) is 0 Å². The van der Waals surface area contributed by atoms with Crippen LogP contribution in [0.5, 0.6) is 0 Å². The van der Waals surface area contributed by atoms with Crippen molar-refractivity contribution in [1.29, 1.82) is 0 Å². The monoisotopic (exact) mass is 388 g/mol. The number of benzene rings is 2. The van der Waals surface area contributed by atoms with Crippen molar-refractivity contribution in [2.45, 2.75) is 18.2 Å². The number of aryl methyl sites for hydroxylation is 1. The lowest BCUT2D eigenvalue weighted by molar-refractivity contribution is -0.895. The molecular formula is C20H26N3O3S+. The zero-order valence-electron chi connectivity index (χ0n) is 15.5. The van der Waals surface area contributed by atoms with Crippen molar-refractivity contribution in [1.82, 2.24) is 4.31 Å². The number of hydrogen-bond donors (Lipinski definition) is 2. The van der Waals surface area contributed by atoms with Gasteiger partial charge in [-0.05, 0) is 36.2 Å². The smallest absolute Gasteiger partial charge is 0.279 e. The van der Waals surface area contributed by atoms with Crippen molar-refractivity contribution < 1.29 is 18.1 Å². The first-order valence-electron chi connectivity index (χ1n) is 9.26. The topological polar surface area (TPSA) is 70.9 Å². The highest BCUT2D eigenvalue weighted by Gasteiger charge is 2.30. The molecule has 27 heavy (non-hydrogen) atoms. The fourth-order valence-electron chi connectivity index (χ4n) is 3.22. The normalized spacial score (nSPS) is 16.2. The molecule has 144 valence electrons. The van der Waals surface area contributed by atoms with E-state index in [1.54, 1.807) is 30.3 Å². The molecule has 1 aliphatic rings. The summed E-state index contributed by atoms with van der Waals surface area (Å²) in [4.78, 5) is 13.7. The summed E-state index contributed by atoms with van der Waals surface area (Å²) in [6.45, 7) is 4.52. The largest absolute Gasteiger partial charge is 0.325 e. The second-order valence-electron chi connectivity index (χ2n) is 6.74. The Morgan fingerprint density at radius 3 is 2.26 bits per heavy atom. The maximum absolute atomic E-state index is 12.6. The molecule has 3 rings (SSSR count). The molecular weight excluding hydrogens is 362 g/mol. The van der Waals surface area contributed by atoms with Crippen LogP contribution in [-0.2, 0) is 21.2 Å². The minimum atomic E-state index is -3.45. The third-order valence-corrected chi connectivity index (χ3v) is 6.78. The Kier molecular flexibility index (Phi) is 6.26. The third kappa shape index (κ3) is 4.94. The number of sulfonamides is 1. The van der Waals surface area contributed by atoms with E-state index < -0.39 is 10.0 Å². The van der Waals surface area contributed by atoms with Gasteiger partial charge in [0.1, 0.15) is 0 Å². The number of amides is 1. The average Bonchev–Trinajstić information content (AvgIpc) is 2.69. The quantitative estimate of drug-likeness (QED) is 0.768. The highest BCUT2D eigenvalue weighted by atomic mass is 32.2. The summed E-state index contributed by atoms with van der Waals surface area (Å²) in [7, 11) is -3.45. The highest BCUT2D eigenvalue weighted by molar-refractivity contribution is 7.89. The van der Waals surface area contributed by atoms with Gasteiger partial charge in [-0.3, -0.25) is 4.79 Å². The van der Waals surface area contributed by atoms with Crippen LogP contribution in [0.4, 0.5) is 5.69 Å². The molecule has 0 saturated carbocycles. The van der Waals surface area contributed by atoms with E-state index in [0.717, 1.165) is 17.0 Å². The number of carbonyl (C=O) groups is 1. The van der Waals surface area contributed by atoms with Gasteiger partial charge in [0.15, 0.2) is 6.54 Å². The number of carbonyl (C=O) groups excluding carboxylic acids is 1. The molecule has 0 atom stereocenters. The van der Waals surface area contributed by atoms with Crippen LogP contribution in [0.1, 0.15) is 12.5 Å². The Labute approximate surface area is 160 Å². The lowest BCUT2D eigenvalue weighted by Crippen LogP contribution is -3.15. The summed E-state index contributed by atoms with van der Waals surface area (Å²) in [6, 6.07) is 16.3. The minimum Gasteiger partial charge on any atom is -0.325 e. The van der Waals surface area contributed by atoms with E-state index in [4.69, 9.17) is 0 Å². The molecule has 0 aliphatic carbocycles. The van der Waals surface area contributed by atoms with Gasteiger partial charge in [0, 0.05) is 5.69 Å². The molecule has 1 aliphatic heterocycles. The van der Waals surface area contributed by atoms with Crippen molar-refractivity contribution in [2.24, 2.45) is 0 Å². The highest BCUT2D eigenvalue weighted by Crippen LogP contribution is 2.14. The summed E-state index contributed by atoms with van der Waals surface area (Å²) in [6.07, 6.45) is 0.967. The van der Waals surface area contributed by atoms with Gasteiger partial charge in [-0.1, -0.05) is 37.3 Å². The first kappa shape index (κ1) is 19.5. The van der Waals surface area contributed by atoms with Crippen LogP contribution in [-0.4, -0.2) is 51.4 Å². The average molecular weight is 389 g/mol. The lowest BCUT2D eigenvalue weighted by Gasteiger charge is -2.31. The first-order chi connectivity index (χ1) is 13.0. The van der Waals surface area contributed by atoms with Crippen molar-refractivity contribution in [3.63, 3.8) is 0 Å². The maximum Gasteiger partial charge on any atom is 0.279 e. The molecule has 1 heterocycles. The number of quaternary nitrogens is 1. The van der Waals surface area contributed by atoms with E-state index in [1.807, 2.05) is 24.3 Å². The molecule has 0 unspecified atom stereocenters. The molecule has 0 spiro atoms. The van der Waals surface area contributed by atoms with Gasteiger partial charge in [0.25, 0.3) is 5.91 Å². The lowest BCUT2D eigenvalue weighted by atomic mass is 10.1. The second kappa shape index (κ2) is 8.65. The standard InChI is InChI=1S/C20H25N3O3S/c1-2-17-8-10-18(11-9-17)21-20(24)16-22-12-14-23(15-13-22)27(25,26)19-6-4-3-5-7-19/h3-11H,2,12-16H2,1H3,(H,21,24)/p+1. The summed E-state index contributed by atoms with van der Waals surface area (Å²) in [5, 5.41) is 2.92. The summed E-state index contributed by atoms with van der Waals surface area (Å²) < 4.78 is 26.8. The van der Waals surface area contributed by atoms with Crippen LogP contribution in [0.15, 0.2) is 59.5 Å². The molecule has 0 radical (unpaired) electrons. The summed E-state index contributed by atoms with van der Waals surface area (Å²) in [5.74, 6) is -0.0476. The van der Waals surface area contributed by atoms with Gasteiger partial charge in [-0.2, -0.15) is 4.31 Å². The molecule has 0 aromatic heterocycles. The summed E-state index contributed by atoms with van der Waals surface area (Å²) in [5.41, 5.74) is 2.02. The van der Waals surface area contributed by atoms with Crippen LogP contribution < -0.4 is 10.2 Å². The molecule has 2 N–H and O–H groups in total. The first-order valence-corrected chi connectivity index (χ1v) is 10.7. The van der Waals surface area contributed by atoms with Gasteiger partial charge in [-0.15, -0.1) is 0 Å². The van der Waals surface area contributed by atoms with Gasteiger partial charge in [-0.25, -0.2) is 8.42 Å². The molecule has 2 aromatic carbocycles. The van der Waals surface area contributed by atoms with Crippen LogP contribution >= 0.6 is 0 Å². The number of anilines is 1. The molecule has 1 amide bonds. The Morgan fingerprint density at radius 2 is 1.67 bits per heavy atom. The van der Waals surface area contributed by atoms with E-state index in [9.17, 15) is 13.2 Å².